The molecule has 0 radical (unpaired) electrons. The van der Waals surface area contributed by atoms with Crippen molar-refractivity contribution in [3.8, 4) is 21.9 Å². The number of nitrogens with one attached hydrogen (secondary N) is 1. The van der Waals surface area contributed by atoms with Crippen molar-refractivity contribution in [2.75, 3.05) is 39.9 Å². The first-order valence-electron chi connectivity index (χ1n) is 9.18. The van der Waals surface area contributed by atoms with Crippen molar-refractivity contribution in [2.24, 2.45) is 5.92 Å². The quantitative estimate of drug-likeness (QED) is 0.895. The van der Waals surface area contributed by atoms with Gasteiger partial charge in [0.25, 0.3) is 5.91 Å². The van der Waals surface area contributed by atoms with Crippen molar-refractivity contribution in [2.45, 2.75) is 12.8 Å². The largest absolute Gasteiger partial charge is 0.486 e. The highest BCUT2D eigenvalue weighted by atomic mass is 32.1. The van der Waals surface area contributed by atoms with Crippen molar-refractivity contribution in [1.82, 2.24) is 10.2 Å². The van der Waals surface area contributed by atoms with Gasteiger partial charge in [-0.3, -0.25) is 4.79 Å². The summed E-state index contributed by atoms with van der Waals surface area (Å²) in [6.07, 6.45) is 2.15. The van der Waals surface area contributed by atoms with E-state index < -0.39 is 0 Å². The maximum atomic E-state index is 12.8. The third kappa shape index (κ3) is 3.57. The van der Waals surface area contributed by atoms with Crippen LogP contribution >= 0.6 is 11.3 Å². The Morgan fingerprint density at radius 2 is 1.92 bits per heavy atom. The number of thiophene rings is 1. The minimum absolute atomic E-state index is 0.154. The summed E-state index contributed by atoms with van der Waals surface area (Å²) >= 11 is 1.55. The lowest BCUT2D eigenvalue weighted by molar-refractivity contribution is 0.0696. The molecule has 1 saturated heterocycles. The molecule has 4 rings (SSSR count). The van der Waals surface area contributed by atoms with Gasteiger partial charge in [-0.05, 0) is 68.2 Å². The van der Waals surface area contributed by atoms with Crippen LogP contribution in [0.25, 0.3) is 10.4 Å². The van der Waals surface area contributed by atoms with Gasteiger partial charge in [-0.15, -0.1) is 11.3 Å². The van der Waals surface area contributed by atoms with Crippen molar-refractivity contribution in [1.29, 1.82) is 0 Å². The third-order valence-corrected chi connectivity index (χ3v) is 6.16. The molecule has 1 N–H and O–H groups in total. The molecule has 1 aromatic heterocycles. The first kappa shape index (κ1) is 17.4. The second-order valence-electron chi connectivity index (χ2n) is 6.82. The fourth-order valence-electron chi connectivity index (χ4n) is 3.59. The van der Waals surface area contributed by atoms with Crippen molar-refractivity contribution in [3.63, 3.8) is 0 Å². The van der Waals surface area contributed by atoms with Gasteiger partial charge in [0.2, 0.25) is 0 Å². The number of fused-ring (bicyclic) bond motifs is 1. The summed E-state index contributed by atoms with van der Waals surface area (Å²) in [6, 6.07) is 9.93. The van der Waals surface area contributed by atoms with Crippen molar-refractivity contribution >= 4 is 17.2 Å². The predicted molar refractivity (Wildman–Crippen MR) is 103 cm³/mol. The molecule has 0 bridgehead atoms. The predicted octanol–water partition coefficient (Wildman–Crippen LogP) is 3.26. The maximum absolute atomic E-state index is 12.8. The van der Waals surface area contributed by atoms with E-state index in [-0.39, 0.29) is 5.91 Å². The molecule has 1 fully saturated rings. The number of carbonyl (C=O) groups is 1. The zero-order valence-electron chi connectivity index (χ0n) is 15.0. The minimum Gasteiger partial charge on any atom is -0.486 e. The van der Waals surface area contributed by atoms with Crippen LogP contribution in [0.4, 0.5) is 0 Å². The summed E-state index contributed by atoms with van der Waals surface area (Å²) in [5.41, 5.74) is 1.06. The molecule has 1 aromatic carbocycles. The molecule has 2 aliphatic rings. The Morgan fingerprint density at radius 3 is 2.69 bits per heavy atom. The Balaban J connectivity index is 1.45. The van der Waals surface area contributed by atoms with E-state index >= 15 is 0 Å². The topological polar surface area (TPSA) is 50.8 Å². The average molecular weight is 372 g/mol. The molecule has 3 heterocycles. The molecule has 0 spiro atoms. The molecular formula is C20H24N2O3S. The van der Waals surface area contributed by atoms with Crippen molar-refractivity contribution < 1.29 is 14.3 Å². The Kier molecular flexibility index (Phi) is 5.13. The summed E-state index contributed by atoms with van der Waals surface area (Å²) in [4.78, 5) is 16.7. The maximum Gasteiger partial charge on any atom is 0.263 e. The minimum atomic E-state index is 0.154. The SMILES string of the molecule is CNCC1CCN(C(=O)c2ccc(-c3ccc4c(c3)OCCO4)s2)CC1. The number of piperidine rings is 1. The summed E-state index contributed by atoms with van der Waals surface area (Å²) in [5, 5.41) is 3.24. The van der Waals surface area contributed by atoms with Crippen LogP contribution in [0.15, 0.2) is 30.3 Å². The second kappa shape index (κ2) is 7.68. The van der Waals surface area contributed by atoms with Gasteiger partial charge in [0, 0.05) is 18.0 Å². The van der Waals surface area contributed by atoms with Gasteiger partial charge in [-0.25, -0.2) is 0 Å². The van der Waals surface area contributed by atoms with E-state index in [2.05, 4.69) is 5.32 Å². The normalized spacial score (nSPS) is 17.3. The van der Waals surface area contributed by atoms with Crippen LogP contribution in [0, 0.1) is 5.92 Å². The molecule has 6 heteroatoms. The number of benzene rings is 1. The molecule has 0 atom stereocenters. The van der Waals surface area contributed by atoms with E-state index in [9.17, 15) is 4.79 Å². The molecular weight excluding hydrogens is 348 g/mol. The van der Waals surface area contributed by atoms with Gasteiger partial charge in [0.1, 0.15) is 13.2 Å². The van der Waals surface area contributed by atoms with Crippen LogP contribution in [0.5, 0.6) is 11.5 Å². The standard InChI is InChI=1S/C20H24N2O3S/c1-21-13-14-6-8-22(9-7-14)20(23)19-5-4-18(26-19)15-2-3-16-17(12-15)25-11-10-24-16/h2-5,12,14,21H,6-11,13H2,1H3. The number of likely N-dealkylation sites (tertiary alicyclic amines) is 1. The van der Waals surface area contributed by atoms with Gasteiger partial charge >= 0.3 is 0 Å². The zero-order valence-corrected chi connectivity index (χ0v) is 15.8. The first-order chi connectivity index (χ1) is 12.7. The Bertz CT molecular complexity index is 781. The molecule has 1 amide bonds. The summed E-state index contributed by atoms with van der Waals surface area (Å²) in [6.45, 7) is 3.91. The highest BCUT2D eigenvalue weighted by Gasteiger charge is 2.24. The highest BCUT2D eigenvalue weighted by molar-refractivity contribution is 7.17. The number of amides is 1. The smallest absolute Gasteiger partial charge is 0.263 e. The van der Waals surface area contributed by atoms with E-state index in [0.717, 1.165) is 59.3 Å². The summed E-state index contributed by atoms with van der Waals surface area (Å²) in [7, 11) is 1.99. The Hall–Kier alpha value is -2.05. The number of carbonyl (C=O) groups excluding carboxylic acids is 1. The van der Waals surface area contributed by atoms with Crippen LogP contribution in [-0.4, -0.2) is 50.7 Å². The van der Waals surface area contributed by atoms with E-state index in [1.165, 1.54) is 0 Å². The van der Waals surface area contributed by atoms with Crippen LogP contribution in [0.1, 0.15) is 22.5 Å². The highest BCUT2D eigenvalue weighted by Crippen LogP contribution is 2.37. The monoisotopic (exact) mass is 372 g/mol. The van der Waals surface area contributed by atoms with E-state index in [4.69, 9.17) is 9.47 Å². The zero-order chi connectivity index (χ0) is 17.9. The molecule has 138 valence electrons. The fraction of sp³-hybridized carbons (Fsp3) is 0.450. The number of rotatable bonds is 4. The third-order valence-electron chi connectivity index (χ3n) is 5.04. The molecule has 26 heavy (non-hydrogen) atoms. The number of hydrogen-bond donors (Lipinski definition) is 1. The lowest BCUT2D eigenvalue weighted by Crippen LogP contribution is -2.40. The molecule has 0 unspecified atom stereocenters. The van der Waals surface area contributed by atoms with Gasteiger partial charge < -0.3 is 19.7 Å². The molecule has 0 aliphatic carbocycles. The number of ether oxygens (including phenoxy) is 2. The Morgan fingerprint density at radius 1 is 1.15 bits per heavy atom. The van der Waals surface area contributed by atoms with Crippen LogP contribution in [0.2, 0.25) is 0 Å². The first-order valence-corrected chi connectivity index (χ1v) is 10.00. The van der Waals surface area contributed by atoms with E-state index in [0.29, 0.717) is 19.1 Å². The molecule has 0 saturated carbocycles. The van der Waals surface area contributed by atoms with E-state index in [1.807, 2.05) is 42.3 Å². The molecule has 5 nitrogen and oxygen atoms in total. The lowest BCUT2D eigenvalue weighted by atomic mass is 9.97. The van der Waals surface area contributed by atoms with Gasteiger partial charge in [-0.1, -0.05) is 0 Å². The fourth-order valence-corrected chi connectivity index (χ4v) is 4.56. The van der Waals surface area contributed by atoms with Crippen LogP contribution in [-0.2, 0) is 0 Å². The van der Waals surface area contributed by atoms with Crippen molar-refractivity contribution in [3.05, 3.63) is 35.2 Å². The van der Waals surface area contributed by atoms with E-state index in [1.54, 1.807) is 11.3 Å². The van der Waals surface area contributed by atoms with Gasteiger partial charge in [-0.2, -0.15) is 0 Å². The number of nitrogens with zero attached hydrogens (tertiary/aromatic N) is 1. The Labute approximate surface area is 157 Å². The van der Waals surface area contributed by atoms with Crippen LogP contribution < -0.4 is 14.8 Å². The number of hydrogen-bond acceptors (Lipinski definition) is 5. The lowest BCUT2D eigenvalue weighted by Gasteiger charge is -2.31. The summed E-state index contributed by atoms with van der Waals surface area (Å²) < 4.78 is 11.2. The second-order valence-corrected chi connectivity index (χ2v) is 7.90. The van der Waals surface area contributed by atoms with Gasteiger partial charge in [0.15, 0.2) is 11.5 Å². The average Bonchev–Trinajstić information content (AvgIpc) is 3.18. The van der Waals surface area contributed by atoms with Gasteiger partial charge in [0.05, 0.1) is 4.88 Å². The summed E-state index contributed by atoms with van der Waals surface area (Å²) in [5.74, 6) is 2.40. The molecule has 2 aliphatic heterocycles. The van der Waals surface area contributed by atoms with Crippen LogP contribution in [0.3, 0.4) is 0 Å². The molecule has 2 aromatic rings.